The summed E-state index contributed by atoms with van der Waals surface area (Å²) in [6.07, 6.45) is 9.54. The maximum absolute atomic E-state index is 5.37. The van der Waals surface area contributed by atoms with Gasteiger partial charge in [0.05, 0.1) is 13.4 Å². The predicted molar refractivity (Wildman–Crippen MR) is 109 cm³/mol. The lowest BCUT2D eigenvalue weighted by Crippen LogP contribution is -3.00. The molecule has 0 bridgehead atoms. The van der Waals surface area contributed by atoms with E-state index >= 15 is 0 Å². The molecule has 1 nitrogen and oxygen atoms in total. The van der Waals surface area contributed by atoms with Crippen LogP contribution in [0.2, 0.25) is 0 Å². The van der Waals surface area contributed by atoms with Gasteiger partial charge in [0.15, 0.2) is 0 Å². The molecular weight excluding hydrogens is 451 g/mol. The highest BCUT2D eigenvalue weighted by Crippen LogP contribution is 2.52. The van der Waals surface area contributed by atoms with Crippen molar-refractivity contribution in [3.63, 3.8) is 0 Å². The van der Waals surface area contributed by atoms with Gasteiger partial charge in [0.25, 0.3) is 0 Å². The fraction of sp³-hybridized carbons (Fsp3) is 0.478. The minimum Gasteiger partial charge on any atom is -1.00 e. The van der Waals surface area contributed by atoms with Crippen molar-refractivity contribution in [3.8, 4) is 5.75 Å². The standard InChI is InChI=1S/C23H29OS.HI/c1-24-19-14-12-17(13-15-19)21-16-23(18-8-4-3-5-9-18)25(2)22-11-7-6-10-20(21)22;/h3-5,8-9,12-15,20-23H,6-7,10-11,16H2,1-2H3;1H/q+1;/p-1. The van der Waals surface area contributed by atoms with E-state index < -0.39 is 0 Å². The molecule has 2 aliphatic rings. The third kappa shape index (κ3) is 3.94. The summed E-state index contributed by atoms with van der Waals surface area (Å²) in [5, 5.41) is 1.62. The molecule has 2 fully saturated rings. The van der Waals surface area contributed by atoms with Crippen molar-refractivity contribution < 1.29 is 28.7 Å². The number of fused-ring (bicyclic) bond motifs is 1. The van der Waals surface area contributed by atoms with E-state index in [2.05, 4.69) is 60.9 Å². The Kier molecular flexibility index (Phi) is 6.95. The monoisotopic (exact) mass is 480 g/mol. The summed E-state index contributed by atoms with van der Waals surface area (Å²) in [6.45, 7) is 0. The minimum atomic E-state index is 0. The molecule has 2 aromatic carbocycles. The van der Waals surface area contributed by atoms with Crippen LogP contribution in [0.5, 0.6) is 5.75 Å². The van der Waals surface area contributed by atoms with E-state index in [9.17, 15) is 0 Å². The summed E-state index contributed by atoms with van der Waals surface area (Å²) < 4.78 is 5.37. The van der Waals surface area contributed by atoms with Crippen molar-refractivity contribution in [2.75, 3.05) is 13.4 Å². The minimum absolute atomic E-state index is 0. The molecule has 4 rings (SSSR count). The SMILES string of the molecule is COc1ccc(C2CC(c3ccccc3)[S+](C)C3CCCCC23)cc1.[I-]. The zero-order chi connectivity index (χ0) is 17.2. The molecule has 1 aliphatic heterocycles. The molecule has 1 aliphatic carbocycles. The third-order valence-corrected chi connectivity index (χ3v) is 9.28. The van der Waals surface area contributed by atoms with Gasteiger partial charge in [-0.15, -0.1) is 0 Å². The molecule has 26 heavy (non-hydrogen) atoms. The van der Waals surface area contributed by atoms with Gasteiger partial charge >= 0.3 is 0 Å². The summed E-state index contributed by atoms with van der Waals surface area (Å²) in [4.78, 5) is 0. The van der Waals surface area contributed by atoms with E-state index in [4.69, 9.17) is 4.74 Å². The van der Waals surface area contributed by atoms with Gasteiger partial charge in [-0.25, -0.2) is 0 Å². The topological polar surface area (TPSA) is 9.23 Å². The van der Waals surface area contributed by atoms with Crippen LogP contribution in [0.4, 0.5) is 0 Å². The van der Waals surface area contributed by atoms with Crippen molar-refractivity contribution >= 4 is 10.9 Å². The molecule has 5 unspecified atom stereocenters. The van der Waals surface area contributed by atoms with Gasteiger partial charge in [-0.05, 0) is 53.8 Å². The van der Waals surface area contributed by atoms with E-state index in [-0.39, 0.29) is 24.0 Å². The molecule has 0 amide bonds. The molecule has 3 heteroatoms. The van der Waals surface area contributed by atoms with Gasteiger partial charge in [0.2, 0.25) is 0 Å². The first-order valence-corrected chi connectivity index (χ1v) is 11.4. The van der Waals surface area contributed by atoms with Crippen molar-refractivity contribution in [2.45, 2.75) is 48.5 Å². The van der Waals surface area contributed by atoms with Crippen LogP contribution in [0.3, 0.4) is 0 Å². The Hall–Kier alpha value is -0.680. The maximum Gasteiger partial charge on any atom is 0.143 e. The second-order valence-corrected chi connectivity index (χ2v) is 10.00. The molecule has 2 aromatic rings. The highest BCUT2D eigenvalue weighted by molar-refractivity contribution is 7.97. The average molecular weight is 480 g/mol. The van der Waals surface area contributed by atoms with Gasteiger partial charge in [0.1, 0.15) is 16.2 Å². The number of halogens is 1. The van der Waals surface area contributed by atoms with Crippen LogP contribution >= 0.6 is 0 Å². The molecule has 0 N–H and O–H groups in total. The van der Waals surface area contributed by atoms with Crippen LogP contribution in [0.25, 0.3) is 0 Å². The summed E-state index contributed by atoms with van der Waals surface area (Å²) >= 11 is 0. The first-order chi connectivity index (χ1) is 12.3. The van der Waals surface area contributed by atoms with Gasteiger partial charge in [-0.1, -0.05) is 48.9 Å². The fourth-order valence-electron chi connectivity index (χ4n) is 5.07. The van der Waals surface area contributed by atoms with Crippen molar-refractivity contribution in [2.24, 2.45) is 5.92 Å². The van der Waals surface area contributed by atoms with E-state index in [0.717, 1.165) is 16.9 Å². The highest BCUT2D eigenvalue weighted by Gasteiger charge is 2.50. The van der Waals surface area contributed by atoms with E-state index in [1.54, 1.807) is 12.7 Å². The number of hydrogen-bond donors (Lipinski definition) is 0. The summed E-state index contributed by atoms with van der Waals surface area (Å²) in [5.41, 5.74) is 3.08. The Morgan fingerprint density at radius 2 is 1.58 bits per heavy atom. The number of hydrogen-bond acceptors (Lipinski definition) is 1. The predicted octanol–water partition coefficient (Wildman–Crippen LogP) is 2.73. The first kappa shape index (κ1) is 20.1. The molecule has 140 valence electrons. The average Bonchev–Trinajstić information content (AvgIpc) is 2.69. The molecular formula is C23H29IOS. The molecule has 1 heterocycles. The van der Waals surface area contributed by atoms with E-state index in [1.165, 1.54) is 37.7 Å². The maximum atomic E-state index is 5.37. The number of rotatable bonds is 3. The van der Waals surface area contributed by atoms with Crippen LogP contribution < -0.4 is 28.7 Å². The van der Waals surface area contributed by atoms with Crippen molar-refractivity contribution in [3.05, 3.63) is 65.7 Å². The van der Waals surface area contributed by atoms with Crippen molar-refractivity contribution in [1.82, 2.24) is 0 Å². The zero-order valence-corrected chi connectivity index (χ0v) is 18.7. The fourth-order valence-corrected chi connectivity index (χ4v) is 8.00. The second kappa shape index (κ2) is 9.01. The molecule has 0 spiro atoms. The van der Waals surface area contributed by atoms with Crippen LogP contribution in [-0.4, -0.2) is 18.6 Å². The molecule has 0 radical (unpaired) electrons. The Labute approximate surface area is 178 Å². The Balaban J connectivity index is 0.00000196. The lowest BCUT2D eigenvalue weighted by atomic mass is 9.73. The van der Waals surface area contributed by atoms with Gasteiger partial charge in [-0.3, -0.25) is 0 Å². The second-order valence-electron chi connectivity index (χ2n) is 7.61. The number of ether oxygens (including phenoxy) is 1. The highest BCUT2D eigenvalue weighted by atomic mass is 127. The summed E-state index contributed by atoms with van der Waals surface area (Å²) in [5.74, 6) is 2.54. The quantitative estimate of drug-likeness (QED) is 0.485. The van der Waals surface area contributed by atoms with E-state index in [0.29, 0.717) is 22.1 Å². The molecule has 1 saturated heterocycles. The van der Waals surface area contributed by atoms with Crippen LogP contribution in [-0.2, 0) is 10.9 Å². The first-order valence-electron chi connectivity index (χ1n) is 9.60. The van der Waals surface area contributed by atoms with Crippen LogP contribution in [0.1, 0.15) is 54.4 Å². The zero-order valence-electron chi connectivity index (χ0n) is 15.7. The van der Waals surface area contributed by atoms with Crippen LogP contribution in [0, 0.1) is 5.92 Å². The van der Waals surface area contributed by atoms with Gasteiger partial charge in [0, 0.05) is 17.9 Å². The normalized spacial score (nSPS) is 30.8. The van der Waals surface area contributed by atoms with Crippen LogP contribution in [0.15, 0.2) is 54.6 Å². The Morgan fingerprint density at radius 1 is 0.885 bits per heavy atom. The van der Waals surface area contributed by atoms with Gasteiger partial charge < -0.3 is 28.7 Å². The summed E-state index contributed by atoms with van der Waals surface area (Å²) in [7, 11) is 2.23. The Morgan fingerprint density at radius 3 is 2.27 bits per heavy atom. The summed E-state index contributed by atoms with van der Waals surface area (Å²) in [6, 6.07) is 20.2. The van der Waals surface area contributed by atoms with E-state index in [1.807, 2.05) is 0 Å². The van der Waals surface area contributed by atoms with Crippen molar-refractivity contribution in [1.29, 1.82) is 0 Å². The molecule has 0 aromatic heterocycles. The molecule has 1 saturated carbocycles. The Bertz CT molecular complexity index is 687. The smallest absolute Gasteiger partial charge is 0.143 e. The van der Waals surface area contributed by atoms with Gasteiger partial charge in [-0.2, -0.15) is 0 Å². The lowest BCUT2D eigenvalue weighted by molar-refractivity contribution is -0.00000536. The number of methoxy groups -OCH3 is 1. The third-order valence-electron chi connectivity index (χ3n) is 6.38. The lowest BCUT2D eigenvalue weighted by Gasteiger charge is -2.43. The molecule has 5 atom stereocenters. The largest absolute Gasteiger partial charge is 1.00 e. The number of benzene rings is 2.